The van der Waals surface area contributed by atoms with Gasteiger partial charge in [-0.15, -0.1) is 0 Å². The van der Waals surface area contributed by atoms with Crippen LogP contribution < -0.4 is 16.0 Å². The van der Waals surface area contributed by atoms with Crippen molar-refractivity contribution in [2.75, 3.05) is 19.1 Å². The van der Waals surface area contributed by atoms with Gasteiger partial charge >= 0.3 is 0 Å². The van der Waals surface area contributed by atoms with Crippen LogP contribution in [0.1, 0.15) is 20.3 Å². The third-order valence-corrected chi connectivity index (χ3v) is 2.34. The maximum atomic E-state index is 13.3. The number of halogens is 1. The Labute approximate surface area is 99.3 Å². The summed E-state index contributed by atoms with van der Waals surface area (Å²) in [6.45, 7) is 4.12. The fourth-order valence-electron chi connectivity index (χ4n) is 1.02. The molecule has 0 fully saturated rings. The Morgan fingerprint density at radius 3 is 2.82 bits per heavy atom. The number of nitrogens with one attached hydrogen (secondary N) is 1. The Kier molecular flexibility index (Phi) is 4.59. The van der Waals surface area contributed by atoms with Crippen molar-refractivity contribution in [2.45, 2.75) is 25.9 Å². The normalized spacial score (nSPS) is 11.4. The van der Waals surface area contributed by atoms with Crippen molar-refractivity contribution in [3.8, 4) is 5.88 Å². The van der Waals surface area contributed by atoms with E-state index in [1.54, 1.807) is 7.11 Å². The molecule has 0 aliphatic rings. The predicted molar refractivity (Wildman–Crippen MR) is 61.0 cm³/mol. The second-order valence-electron chi connectivity index (χ2n) is 4.05. The molecular weight excluding hydrogens is 227 g/mol. The first-order chi connectivity index (χ1) is 7.98. The number of hydrogen-bond acceptors (Lipinski definition) is 6. The molecule has 1 heterocycles. The zero-order valence-electron chi connectivity index (χ0n) is 10.2. The minimum absolute atomic E-state index is 0.104. The van der Waals surface area contributed by atoms with Gasteiger partial charge in [-0.05, 0) is 13.8 Å². The van der Waals surface area contributed by atoms with E-state index in [0.717, 1.165) is 6.20 Å². The highest BCUT2D eigenvalue weighted by molar-refractivity contribution is 5.26. The molecule has 0 unspecified atom stereocenters. The third kappa shape index (κ3) is 4.12. The minimum Gasteiger partial charge on any atom is -0.475 e. The summed E-state index contributed by atoms with van der Waals surface area (Å²) in [5.74, 6) is 4.47. The van der Waals surface area contributed by atoms with Gasteiger partial charge in [0.15, 0.2) is 0 Å². The van der Waals surface area contributed by atoms with Crippen molar-refractivity contribution >= 4 is 5.95 Å². The molecule has 0 amide bonds. The molecule has 0 spiro atoms. The van der Waals surface area contributed by atoms with Crippen LogP contribution in [0, 0.1) is 5.82 Å². The summed E-state index contributed by atoms with van der Waals surface area (Å²) in [6, 6.07) is 0. The number of nitrogen functional groups attached to an aromatic ring is 1. The number of hydrazine groups is 1. The van der Waals surface area contributed by atoms with Gasteiger partial charge in [0, 0.05) is 13.5 Å². The molecule has 0 saturated carbocycles. The van der Waals surface area contributed by atoms with Crippen molar-refractivity contribution in [1.82, 2.24) is 9.97 Å². The van der Waals surface area contributed by atoms with Crippen LogP contribution in [0.25, 0.3) is 0 Å². The van der Waals surface area contributed by atoms with E-state index in [9.17, 15) is 4.39 Å². The molecule has 0 aliphatic carbocycles. The summed E-state index contributed by atoms with van der Waals surface area (Å²) in [5, 5.41) is 0. The van der Waals surface area contributed by atoms with Gasteiger partial charge in [-0.3, -0.25) is 5.43 Å². The number of nitrogens with zero attached hydrogens (tertiary/aromatic N) is 2. The first kappa shape index (κ1) is 13.6. The lowest BCUT2D eigenvalue weighted by atomic mass is 10.1. The number of nitrogens with two attached hydrogens (primary N) is 1. The summed E-state index contributed by atoms with van der Waals surface area (Å²) in [5.41, 5.74) is 1.90. The van der Waals surface area contributed by atoms with Crippen LogP contribution in [0.4, 0.5) is 10.3 Å². The van der Waals surface area contributed by atoms with E-state index in [0.29, 0.717) is 13.0 Å². The molecule has 0 aromatic carbocycles. The Hall–Kier alpha value is -1.47. The molecule has 0 radical (unpaired) electrons. The van der Waals surface area contributed by atoms with Crippen LogP contribution in [0.15, 0.2) is 6.20 Å². The van der Waals surface area contributed by atoms with E-state index in [1.165, 1.54) is 0 Å². The Morgan fingerprint density at radius 1 is 1.53 bits per heavy atom. The zero-order chi connectivity index (χ0) is 12.9. The van der Waals surface area contributed by atoms with E-state index >= 15 is 0 Å². The Bertz CT molecular complexity index is 373. The van der Waals surface area contributed by atoms with Gasteiger partial charge in [-0.2, -0.15) is 9.37 Å². The molecule has 96 valence electrons. The molecule has 1 aromatic rings. The smallest absolute Gasteiger partial charge is 0.255 e. The number of rotatable bonds is 6. The Morgan fingerprint density at radius 2 is 2.24 bits per heavy atom. The molecule has 0 bridgehead atoms. The van der Waals surface area contributed by atoms with Crippen LogP contribution in [0.5, 0.6) is 5.88 Å². The number of anilines is 1. The van der Waals surface area contributed by atoms with Gasteiger partial charge in [0.05, 0.1) is 18.4 Å². The van der Waals surface area contributed by atoms with Crippen molar-refractivity contribution < 1.29 is 13.9 Å². The summed E-state index contributed by atoms with van der Waals surface area (Å²) in [6.07, 6.45) is 1.61. The molecule has 0 saturated heterocycles. The topological polar surface area (TPSA) is 82.3 Å². The van der Waals surface area contributed by atoms with Gasteiger partial charge in [-0.1, -0.05) is 0 Å². The lowest BCUT2D eigenvalue weighted by Gasteiger charge is -2.22. The van der Waals surface area contributed by atoms with E-state index in [1.807, 2.05) is 13.8 Å². The molecule has 1 aromatic heterocycles. The largest absolute Gasteiger partial charge is 0.475 e. The quantitative estimate of drug-likeness (QED) is 0.576. The van der Waals surface area contributed by atoms with Crippen LogP contribution in [-0.2, 0) is 4.74 Å². The maximum Gasteiger partial charge on any atom is 0.255 e. The maximum absolute atomic E-state index is 13.3. The molecule has 6 nitrogen and oxygen atoms in total. The van der Waals surface area contributed by atoms with Gasteiger partial charge in [0.1, 0.15) is 0 Å². The van der Waals surface area contributed by atoms with Gasteiger partial charge in [-0.25, -0.2) is 10.8 Å². The summed E-state index contributed by atoms with van der Waals surface area (Å²) < 4.78 is 23.7. The predicted octanol–water partition coefficient (Wildman–Crippen LogP) is 1.10. The number of methoxy groups -OCH3 is 1. The van der Waals surface area contributed by atoms with Crippen LogP contribution >= 0.6 is 0 Å². The van der Waals surface area contributed by atoms with Gasteiger partial charge in [0.2, 0.25) is 11.8 Å². The Balaban J connectivity index is 2.57. The second-order valence-corrected chi connectivity index (χ2v) is 4.05. The average molecular weight is 244 g/mol. The summed E-state index contributed by atoms with van der Waals surface area (Å²) >= 11 is 0. The zero-order valence-corrected chi connectivity index (χ0v) is 10.2. The number of aromatic nitrogens is 2. The number of hydrogen-bond donors (Lipinski definition) is 2. The molecule has 0 atom stereocenters. The summed E-state index contributed by atoms with van der Waals surface area (Å²) in [7, 11) is 1.61. The summed E-state index contributed by atoms with van der Waals surface area (Å²) in [4.78, 5) is 7.35. The van der Waals surface area contributed by atoms with Crippen molar-refractivity contribution in [3.63, 3.8) is 0 Å². The molecule has 3 N–H and O–H groups in total. The number of ether oxygens (including phenoxy) is 2. The van der Waals surface area contributed by atoms with Crippen molar-refractivity contribution in [1.29, 1.82) is 0 Å². The van der Waals surface area contributed by atoms with Crippen LogP contribution in [-0.4, -0.2) is 29.3 Å². The SMILES string of the molecule is COC(C)(C)CCOc1nc(NN)ncc1F. The monoisotopic (exact) mass is 244 g/mol. The minimum atomic E-state index is -0.626. The molecule has 0 aliphatic heterocycles. The van der Waals surface area contributed by atoms with Gasteiger partial charge < -0.3 is 9.47 Å². The highest BCUT2D eigenvalue weighted by Gasteiger charge is 2.17. The van der Waals surface area contributed by atoms with E-state index in [4.69, 9.17) is 15.3 Å². The lowest BCUT2D eigenvalue weighted by molar-refractivity contribution is 0.00473. The van der Waals surface area contributed by atoms with Crippen molar-refractivity contribution in [3.05, 3.63) is 12.0 Å². The molecule has 7 heteroatoms. The van der Waals surface area contributed by atoms with E-state index < -0.39 is 5.82 Å². The van der Waals surface area contributed by atoms with E-state index in [2.05, 4.69) is 15.4 Å². The first-order valence-corrected chi connectivity index (χ1v) is 5.15. The second kappa shape index (κ2) is 5.74. The van der Waals surface area contributed by atoms with E-state index in [-0.39, 0.29) is 17.4 Å². The third-order valence-electron chi connectivity index (χ3n) is 2.34. The van der Waals surface area contributed by atoms with Gasteiger partial charge in [0.25, 0.3) is 5.88 Å². The van der Waals surface area contributed by atoms with Crippen LogP contribution in [0.3, 0.4) is 0 Å². The molecule has 17 heavy (non-hydrogen) atoms. The highest BCUT2D eigenvalue weighted by Crippen LogP contribution is 2.17. The highest BCUT2D eigenvalue weighted by atomic mass is 19.1. The van der Waals surface area contributed by atoms with Crippen molar-refractivity contribution in [2.24, 2.45) is 5.84 Å². The molecule has 1 rings (SSSR count). The van der Waals surface area contributed by atoms with Crippen LogP contribution in [0.2, 0.25) is 0 Å². The average Bonchev–Trinajstić information content (AvgIpc) is 2.31. The fraction of sp³-hybridized carbons (Fsp3) is 0.600. The fourth-order valence-corrected chi connectivity index (χ4v) is 1.02. The first-order valence-electron chi connectivity index (χ1n) is 5.15. The molecular formula is C10H17FN4O2. The standard InChI is InChI=1S/C10H17FN4O2/c1-10(2,16-3)4-5-17-8-7(11)6-13-9(14-8)15-12/h6H,4-5,12H2,1-3H3,(H,13,14,15). The lowest BCUT2D eigenvalue weighted by Crippen LogP contribution is -2.25.